The van der Waals surface area contributed by atoms with E-state index in [-0.39, 0.29) is 22.6 Å². The van der Waals surface area contributed by atoms with Crippen molar-refractivity contribution in [1.29, 1.82) is 0 Å². The van der Waals surface area contributed by atoms with Gasteiger partial charge in [0.25, 0.3) is 0 Å². The Morgan fingerprint density at radius 1 is 1.05 bits per heavy atom. The van der Waals surface area contributed by atoms with E-state index in [0.717, 1.165) is 25.7 Å². The van der Waals surface area contributed by atoms with Crippen LogP contribution >= 0.6 is 0 Å². The highest BCUT2D eigenvalue weighted by molar-refractivity contribution is 5.77. The molecule has 4 heteroatoms. The first kappa shape index (κ1) is 15.8. The van der Waals surface area contributed by atoms with Crippen molar-refractivity contribution in [3.8, 4) is 0 Å². The second-order valence-corrected chi connectivity index (χ2v) is 7.97. The molecule has 20 heavy (non-hydrogen) atoms. The minimum Gasteiger partial charge on any atom is -0.366 e. The minimum atomic E-state index is -0.286. The molecule has 0 atom stereocenters. The van der Waals surface area contributed by atoms with E-state index in [1.807, 2.05) is 32.6 Å². The van der Waals surface area contributed by atoms with Crippen molar-refractivity contribution in [3.63, 3.8) is 0 Å². The van der Waals surface area contributed by atoms with Crippen molar-refractivity contribution in [2.75, 3.05) is 13.1 Å². The normalized spacial score (nSPS) is 28.1. The van der Waals surface area contributed by atoms with Crippen LogP contribution in [0.3, 0.4) is 0 Å². The van der Waals surface area contributed by atoms with Crippen LogP contribution in [-0.2, 0) is 9.53 Å². The predicted octanol–water partition coefficient (Wildman–Crippen LogP) is 2.45. The summed E-state index contributed by atoms with van der Waals surface area (Å²) in [6.07, 6.45) is 6.02. The summed E-state index contributed by atoms with van der Waals surface area (Å²) in [5.41, 5.74) is 5.58. The van der Waals surface area contributed by atoms with Gasteiger partial charge in [0.1, 0.15) is 0 Å². The van der Waals surface area contributed by atoms with Gasteiger partial charge in [-0.25, -0.2) is 0 Å². The van der Waals surface area contributed by atoms with Gasteiger partial charge >= 0.3 is 0 Å². The van der Waals surface area contributed by atoms with Crippen LogP contribution in [0.15, 0.2) is 0 Å². The van der Waals surface area contributed by atoms with Crippen LogP contribution in [0.4, 0.5) is 0 Å². The van der Waals surface area contributed by atoms with Gasteiger partial charge in [-0.2, -0.15) is 0 Å². The van der Waals surface area contributed by atoms with Crippen molar-refractivity contribution >= 4 is 5.91 Å². The Morgan fingerprint density at radius 3 is 2.05 bits per heavy atom. The van der Waals surface area contributed by atoms with Gasteiger partial charge in [0.05, 0.1) is 11.2 Å². The van der Waals surface area contributed by atoms with Gasteiger partial charge in [-0.3, -0.25) is 4.79 Å². The largest absolute Gasteiger partial charge is 0.366 e. The summed E-state index contributed by atoms with van der Waals surface area (Å²) in [5.74, 6) is 0.193. The zero-order valence-corrected chi connectivity index (χ0v) is 13.5. The van der Waals surface area contributed by atoms with E-state index >= 15 is 0 Å². The lowest BCUT2D eigenvalue weighted by molar-refractivity contribution is -0.188. The number of morpholine rings is 1. The van der Waals surface area contributed by atoms with Crippen LogP contribution < -0.4 is 5.73 Å². The van der Waals surface area contributed by atoms with Crippen molar-refractivity contribution in [1.82, 2.24) is 4.90 Å². The maximum absolute atomic E-state index is 12.6. The number of nitrogens with two attached hydrogens (primary N) is 1. The molecule has 2 rings (SSSR count). The summed E-state index contributed by atoms with van der Waals surface area (Å²) in [5, 5.41) is 0. The highest BCUT2D eigenvalue weighted by Crippen LogP contribution is 2.32. The summed E-state index contributed by atoms with van der Waals surface area (Å²) in [6.45, 7) is 9.51. The molecule has 0 aromatic carbocycles. The zero-order chi connectivity index (χ0) is 15.0. The molecule has 0 aromatic rings. The van der Waals surface area contributed by atoms with Gasteiger partial charge in [0.15, 0.2) is 0 Å². The first-order valence-electron chi connectivity index (χ1n) is 7.88. The van der Waals surface area contributed by atoms with Crippen molar-refractivity contribution in [2.45, 2.75) is 83.0 Å². The molecule has 1 aliphatic carbocycles. The number of rotatable bonds is 2. The minimum absolute atomic E-state index is 0.193. The Morgan fingerprint density at radius 2 is 1.55 bits per heavy atom. The fraction of sp³-hybridized carbons (Fsp3) is 0.938. The van der Waals surface area contributed by atoms with E-state index < -0.39 is 0 Å². The molecule has 0 bridgehead atoms. The van der Waals surface area contributed by atoms with Gasteiger partial charge in [0.2, 0.25) is 5.91 Å². The van der Waals surface area contributed by atoms with E-state index in [9.17, 15) is 4.79 Å². The average molecular weight is 282 g/mol. The molecular formula is C16H30N2O2. The van der Waals surface area contributed by atoms with Crippen molar-refractivity contribution in [2.24, 2.45) is 5.73 Å². The number of carbonyl (C=O) groups is 1. The molecule has 1 saturated heterocycles. The van der Waals surface area contributed by atoms with Crippen LogP contribution in [0.25, 0.3) is 0 Å². The van der Waals surface area contributed by atoms with E-state index in [1.165, 1.54) is 6.42 Å². The molecule has 1 amide bonds. The molecule has 116 valence electrons. The van der Waals surface area contributed by atoms with Crippen LogP contribution in [0.5, 0.6) is 0 Å². The van der Waals surface area contributed by atoms with Crippen LogP contribution in [0.2, 0.25) is 0 Å². The number of carbonyl (C=O) groups excluding carboxylic acids is 1. The lowest BCUT2D eigenvalue weighted by Crippen LogP contribution is -2.60. The number of hydrogen-bond acceptors (Lipinski definition) is 3. The Labute approximate surface area is 123 Å². The summed E-state index contributed by atoms with van der Waals surface area (Å²) < 4.78 is 6.03. The number of hydrogen-bond donors (Lipinski definition) is 1. The van der Waals surface area contributed by atoms with Gasteiger partial charge in [-0.15, -0.1) is 0 Å². The first-order chi connectivity index (χ1) is 9.11. The van der Waals surface area contributed by atoms with Gasteiger partial charge < -0.3 is 15.4 Å². The molecule has 2 aliphatic rings. The fourth-order valence-corrected chi connectivity index (χ4v) is 3.81. The van der Waals surface area contributed by atoms with Gasteiger partial charge in [0, 0.05) is 25.0 Å². The quantitative estimate of drug-likeness (QED) is 0.846. The lowest BCUT2D eigenvalue weighted by atomic mass is 9.79. The van der Waals surface area contributed by atoms with E-state index in [4.69, 9.17) is 10.5 Å². The summed E-state index contributed by atoms with van der Waals surface area (Å²) in [7, 11) is 0. The Hall–Kier alpha value is -0.610. The molecule has 1 saturated carbocycles. The van der Waals surface area contributed by atoms with E-state index in [2.05, 4.69) is 0 Å². The maximum Gasteiger partial charge on any atom is 0.224 e. The molecule has 0 spiro atoms. The molecule has 0 unspecified atom stereocenters. The maximum atomic E-state index is 12.6. The van der Waals surface area contributed by atoms with Crippen LogP contribution in [-0.4, -0.2) is 40.6 Å². The molecular weight excluding hydrogens is 252 g/mol. The summed E-state index contributed by atoms with van der Waals surface area (Å²) in [4.78, 5) is 14.6. The van der Waals surface area contributed by atoms with E-state index in [0.29, 0.717) is 19.5 Å². The van der Waals surface area contributed by atoms with Crippen molar-refractivity contribution in [3.05, 3.63) is 0 Å². The molecule has 2 N–H and O–H groups in total. The third kappa shape index (κ3) is 3.95. The SMILES string of the molecule is CC1(C)CN(C(=O)CC2(N)CCCCC2)CC(C)(C)O1. The lowest BCUT2D eigenvalue weighted by Gasteiger charge is -2.48. The standard InChI is InChI=1S/C16H30N2O2/c1-14(2)11-18(12-15(3,4)20-14)13(19)10-16(17)8-6-5-7-9-16/h5-12,17H2,1-4H3. The number of nitrogens with zero attached hydrogens (tertiary/aromatic N) is 1. The van der Waals surface area contributed by atoms with Gasteiger partial charge in [-0.05, 0) is 40.5 Å². The monoisotopic (exact) mass is 282 g/mol. The van der Waals surface area contributed by atoms with Crippen LogP contribution in [0.1, 0.15) is 66.2 Å². The Balaban J connectivity index is 2.01. The second kappa shape index (κ2) is 5.30. The van der Waals surface area contributed by atoms with E-state index in [1.54, 1.807) is 0 Å². The topological polar surface area (TPSA) is 55.6 Å². The fourth-order valence-electron chi connectivity index (χ4n) is 3.81. The number of amides is 1. The average Bonchev–Trinajstić information content (AvgIpc) is 2.25. The number of ether oxygens (including phenoxy) is 1. The van der Waals surface area contributed by atoms with Crippen LogP contribution in [0, 0.1) is 0 Å². The highest BCUT2D eigenvalue weighted by Gasteiger charge is 2.41. The summed E-state index contributed by atoms with van der Waals surface area (Å²) in [6, 6.07) is 0. The molecule has 0 radical (unpaired) electrons. The molecule has 0 aromatic heterocycles. The zero-order valence-electron chi connectivity index (χ0n) is 13.5. The molecule has 1 aliphatic heterocycles. The third-order valence-electron chi connectivity index (χ3n) is 4.40. The predicted molar refractivity (Wildman–Crippen MR) is 80.4 cm³/mol. The van der Waals surface area contributed by atoms with Crippen molar-refractivity contribution < 1.29 is 9.53 Å². The second-order valence-electron chi connectivity index (χ2n) is 7.97. The Kier molecular flexibility index (Phi) is 4.18. The molecule has 4 nitrogen and oxygen atoms in total. The third-order valence-corrected chi connectivity index (χ3v) is 4.40. The summed E-state index contributed by atoms with van der Waals surface area (Å²) >= 11 is 0. The smallest absolute Gasteiger partial charge is 0.224 e. The highest BCUT2D eigenvalue weighted by atomic mass is 16.5. The molecule has 1 heterocycles. The first-order valence-corrected chi connectivity index (χ1v) is 7.88. The Bertz CT molecular complexity index is 355. The molecule has 2 fully saturated rings. The van der Waals surface area contributed by atoms with Gasteiger partial charge in [-0.1, -0.05) is 19.3 Å².